The molecule has 3 rings (SSSR count). The molecular formula is C20H19NO5S. The number of aliphatic carboxylic acids is 1. The minimum Gasteiger partial charge on any atom is -0.486 e. The second kappa shape index (κ2) is 8.55. The summed E-state index contributed by atoms with van der Waals surface area (Å²) in [5.41, 5.74) is 1.85. The predicted octanol–water partition coefficient (Wildman–Crippen LogP) is 4.17. The quantitative estimate of drug-likeness (QED) is 0.627. The molecule has 7 heteroatoms. The summed E-state index contributed by atoms with van der Waals surface area (Å²) in [6, 6.07) is 15.2. The molecule has 2 aromatic carbocycles. The van der Waals surface area contributed by atoms with E-state index >= 15 is 0 Å². The molecule has 0 aliphatic carbocycles. The minimum atomic E-state index is -1.01. The van der Waals surface area contributed by atoms with Crippen molar-refractivity contribution in [3.63, 3.8) is 0 Å². The number of carbonyl (C=O) groups is 1. The maximum atomic E-state index is 10.6. The summed E-state index contributed by atoms with van der Waals surface area (Å²) in [5.74, 6) is 0.748. The zero-order valence-electron chi connectivity index (χ0n) is 15.0. The molecule has 0 aliphatic rings. The maximum Gasteiger partial charge on any atom is 0.341 e. The van der Waals surface area contributed by atoms with Crippen molar-refractivity contribution in [3.05, 3.63) is 59.1 Å². The number of thiazole rings is 1. The predicted molar refractivity (Wildman–Crippen MR) is 103 cm³/mol. The molecule has 27 heavy (non-hydrogen) atoms. The zero-order chi connectivity index (χ0) is 19.2. The number of aromatic nitrogens is 1. The summed E-state index contributed by atoms with van der Waals surface area (Å²) in [7, 11) is 1.60. The molecule has 0 saturated carbocycles. The van der Waals surface area contributed by atoms with E-state index in [0.717, 1.165) is 21.0 Å². The Morgan fingerprint density at radius 2 is 1.93 bits per heavy atom. The second-order valence-corrected chi connectivity index (χ2v) is 6.79. The molecule has 1 N–H and O–H groups in total. The molecule has 0 saturated heterocycles. The highest BCUT2D eigenvalue weighted by atomic mass is 32.1. The van der Waals surface area contributed by atoms with E-state index in [0.29, 0.717) is 24.0 Å². The number of rotatable bonds is 8. The lowest BCUT2D eigenvalue weighted by Gasteiger charge is -2.09. The van der Waals surface area contributed by atoms with Gasteiger partial charge in [0, 0.05) is 0 Å². The molecule has 1 aromatic heterocycles. The van der Waals surface area contributed by atoms with Gasteiger partial charge in [0.25, 0.3) is 0 Å². The number of carboxylic acids is 1. The smallest absolute Gasteiger partial charge is 0.341 e. The number of ether oxygens (including phenoxy) is 3. The van der Waals surface area contributed by atoms with Crippen molar-refractivity contribution in [1.82, 2.24) is 4.98 Å². The Morgan fingerprint density at radius 3 is 2.59 bits per heavy atom. The second-order valence-electron chi connectivity index (χ2n) is 5.71. The lowest BCUT2D eigenvalue weighted by atomic mass is 10.2. The Kier molecular flexibility index (Phi) is 5.93. The summed E-state index contributed by atoms with van der Waals surface area (Å²) in [4.78, 5) is 16.1. The molecule has 0 bridgehead atoms. The van der Waals surface area contributed by atoms with Crippen LogP contribution in [0.1, 0.15) is 10.6 Å². The fourth-order valence-electron chi connectivity index (χ4n) is 2.48. The van der Waals surface area contributed by atoms with E-state index in [-0.39, 0.29) is 6.61 Å². The topological polar surface area (TPSA) is 77.9 Å². The van der Waals surface area contributed by atoms with E-state index in [1.54, 1.807) is 25.3 Å². The molecule has 0 radical (unpaired) electrons. The molecule has 0 unspecified atom stereocenters. The third-order valence-corrected chi connectivity index (χ3v) is 4.79. The number of methoxy groups -OCH3 is 1. The molecule has 6 nitrogen and oxygen atoms in total. The molecular weight excluding hydrogens is 366 g/mol. The summed E-state index contributed by atoms with van der Waals surface area (Å²) in [6.45, 7) is 1.77. The van der Waals surface area contributed by atoms with Crippen LogP contribution in [0.25, 0.3) is 10.4 Å². The summed E-state index contributed by atoms with van der Waals surface area (Å²) < 4.78 is 16.4. The van der Waals surface area contributed by atoms with Crippen LogP contribution in [0.4, 0.5) is 0 Å². The molecule has 0 spiro atoms. The molecule has 1 heterocycles. The SMILES string of the molecule is COc1nc(COc2ccc(OCC(=O)O)c(C)c2)sc1-c1ccccc1. The first-order chi connectivity index (χ1) is 13.1. The van der Waals surface area contributed by atoms with Gasteiger partial charge >= 0.3 is 5.97 Å². The Labute approximate surface area is 161 Å². The highest BCUT2D eigenvalue weighted by Crippen LogP contribution is 2.36. The average molecular weight is 385 g/mol. The molecule has 3 aromatic rings. The van der Waals surface area contributed by atoms with Crippen LogP contribution in [0.15, 0.2) is 48.5 Å². The van der Waals surface area contributed by atoms with E-state index in [2.05, 4.69) is 4.98 Å². The van der Waals surface area contributed by atoms with Crippen LogP contribution in [0.3, 0.4) is 0 Å². The van der Waals surface area contributed by atoms with Gasteiger partial charge in [-0.3, -0.25) is 0 Å². The number of hydrogen-bond acceptors (Lipinski definition) is 6. The third-order valence-electron chi connectivity index (χ3n) is 3.73. The van der Waals surface area contributed by atoms with Crippen molar-refractivity contribution < 1.29 is 24.1 Å². The first-order valence-corrected chi connectivity index (χ1v) is 9.05. The normalized spacial score (nSPS) is 10.4. The number of hydrogen-bond donors (Lipinski definition) is 1. The van der Waals surface area contributed by atoms with Gasteiger partial charge in [0.1, 0.15) is 23.1 Å². The van der Waals surface area contributed by atoms with Crippen LogP contribution < -0.4 is 14.2 Å². The van der Waals surface area contributed by atoms with Crippen LogP contribution in [0, 0.1) is 6.92 Å². The van der Waals surface area contributed by atoms with Crippen molar-refractivity contribution in [2.75, 3.05) is 13.7 Å². The van der Waals surface area contributed by atoms with Crippen molar-refractivity contribution in [1.29, 1.82) is 0 Å². The maximum absolute atomic E-state index is 10.6. The molecule has 0 aliphatic heterocycles. The fraction of sp³-hybridized carbons (Fsp3) is 0.200. The monoisotopic (exact) mass is 385 g/mol. The largest absolute Gasteiger partial charge is 0.486 e. The van der Waals surface area contributed by atoms with Crippen LogP contribution in [0.2, 0.25) is 0 Å². The van der Waals surface area contributed by atoms with Crippen LogP contribution in [-0.4, -0.2) is 29.8 Å². The van der Waals surface area contributed by atoms with Gasteiger partial charge in [0.2, 0.25) is 5.88 Å². The van der Waals surface area contributed by atoms with Gasteiger partial charge in [-0.2, -0.15) is 0 Å². The highest BCUT2D eigenvalue weighted by Gasteiger charge is 2.14. The van der Waals surface area contributed by atoms with Gasteiger partial charge in [0.05, 0.1) is 12.0 Å². The zero-order valence-corrected chi connectivity index (χ0v) is 15.8. The van der Waals surface area contributed by atoms with Gasteiger partial charge in [-0.25, -0.2) is 9.78 Å². The van der Waals surface area contributed by atoms with E-state index in [4.69, 9.17) is 19.3 Å². The Bertz CT molecular complexity index is 923. The van der Waals surface area contributed by atoms with Gasteiger partial charge in [-0.1, -0.05) is 30.3 Å². The number of benzene rings is 2. The van der Waals surface area contributed by atoms with Crippen LogP contribution >= 0.6 is 11.3 Å². The van der Waals surface area contributed by atoms with Crippen LogP contribution in [-0.2, 0) is 11.4 Å². The van der Waals surface area contributed by atoms with E-state index in [1.165, 1.54) is 11.3 Å². The third kappa shape index (κ3) is 4.77. The Morgan fingerprint density at radius 1 is 1.15 bits per heavy atom. The van der Waals surface area contributed by atoms with E-state index < -0.39 is 5.97 Å². The number of carboxylic acid groups (broad SMARTS) is 1. The number of nitrogens with zero attached hydrogens (tertiary/aromatic N) is 1. The summed E-state index contributed by atoms with van der Waals surface area (Å²) in [6.07, 6.45) is 0. The van der Waals surface area contributed by atoms with Crippen molar-refractivity contribution in [3.8, 4) is 27.8 Å². The van der Waals surface area contributed by atoms with Gasteiger partial charge in [0.15, 0.2) is 6.61 Å². The van der Waals surface area contributed by atoms with E-state index in [1.807, 2.05) is 37.3 Å². The highest BCUT2D eigenvalue weighted by molar-refractivity contribution is 7.15. The lowest BCUT2D eigenvalue weighted by Crippen LogP contribution is -2.10. The molecule has 0 atom stereocenters. The van der Waals surface area contributed by atoms with Gasteiger partial charge < -0.3 is 19.3 Å². The van der Waals surface area contributed by atoms with Crippen molar-refractivity contribution >= 4 is 17.3 Å². The first kappa shape index (κ1) is 18.7. The first-order valence-electron chi connectivity index (χ1n) is 8.24. The molecule has 0 amide bonds. The number of aryl methyl sites for hydroxylation is 1. The molecule has 0 fully saturated rings. The Hall–Kier alpha value is -3.06. The lowest BCUT2D eigenvalue weighted by molar-refractivity contribution is -0.139. The molecule has 140 valence electrons. The van der Waals surface area contributed by atoms with Crippen molar-refractivity contribution in [2.45, 2.75) is 13.5 Å². The van der Waals surface area contributed by atoms with Gasteiger partial charge in [-0.15, -0.1) is 11.3 Å². The average Bonchev–Trinajstić information content (AvgIpc) is 3.09. The summed E-state index contributed by atoms with van der Waals surface area (Å²) in [5, 5.41) is 9.49. The van der Waals surface area contributed by atoms with Gasteiger partial charge in [-0.05, 0) is 36.2 Å². The van der Waals surface area contributed by atoms with Crippen molar-refractivity contribution in [2.24, 2.45) is 0 Å². The fourth-order valence-corrected chi connectivity index (χ4v) is 3.43. The van der Waals surface area contributed by atoms with Crippen LogP contribution in [0.5, 0.6) is 17.4 Å². The Balaban J connectivity index is 1.69. The standard InChI is InChI=1S/C20H19NO5S/c1-13-10-15(8-9-16(13)26-12-18(22)23)25-11-17-21-20(24-2)19(27-17)14-6-4-3-5-7-14/h3-10H,11-12H2,1-2H3,(H,22,23). The summed E-state index contributed by atoms with van der Waals surface area (Å²) >= 11 is 1.52. The van der Waals surface area contributed by atoms with E-state index in [9.17, 15) is 4.79 Å². The minimum absolute atomic E-state index is 0.308.